The van der Waals surface area contributed by atoms with E-state index in [1.165, 1.54) is 11.3 Å². The number of aromatic nitrogens is 1. The molecule has 3 rings (SSSR count). The molecule has 0 saturated carbocycles. The minimum Gasteiger partial charge on any atom is -0.397 e. The molecule has 106 valence electrons. The number of nitrogens with zero attached hydrogens (tertiary/aromatic N) is 1. The van der Waals surface area contributed by atoms with Crippen LogP contribution in [0, 0.1) is 6.92 Å². The van der Waals surface area contributed by atoms with Crippen molar-refractivity contribution in [2.75, 3.05) is 11.1 Å². The molecule has 0 radical (unpaired) electrons. The van der Waals surface area contributed by atoms with E-state index in [2.05, 4.69) is 10.3 Å². The zero-order chi connectivity index (χ0) is 15.0. The van der Waals surface area contributed by atoms with Gasteiger partial charge in [-0.25, -0.2) is 0 Å². The third-order valence-electron chi connectivity index (χ3n) is 3.11. The Balaban J connectivity index is 1.97. The molecule has 1 amide bonds. The van der Waals surface area contributed by atoms with Gasteiger partial charge >= 0.3 is 0 Å². The van der Waals surface area contributed by atoms with Crippen molar-refractivity contribution in [2.45, 2.75) is 6.92 Å². The van der Waals surface area contributed by atoms with E-state index < -0.39 is 0 Å². The van der Waals surface area contributed by atoms with Gasteiger partial charge in [-0.3, -0.25) is 9.78 Å². The van der Waals surface area contributed by atoms with Gasteiger partial charge in [0, 0.05) is 17.8 Å². The number of halogens is 1. The molecule has 3 N–H and O–H groups in total. The maximum absolute atomic E-state index is 12.4. The Kier molecular flexibility index (Phi) is 3.53. The molecule has 0 unspecified atom stereocenters. The molecular formula is C15H12ClN3OS. The molecule has 1 aromatic carbocycles. The molecule has 3 aromatic rings. The Morgan fingerprint density at radius 2 is 2.19 bits per heavy atom. The monoisotopic (exact) mass is 317 g/mol. The first-order chi connectivity index (χ1) is 10.1. The molecule has 0 aliphatic heterocycles. The van der Waals surface area contributed by atoms with Gasteiger partial charge in [-0.15, -0.1) is 11.3 Å². The molecule has 0 aliphatic rings. The lowest BCUT2D eigenvalue weighted by Crippen LogP contribution is -2.12. The summed E-state index contributed by atoms with van der Waals surface area (Å²) in [4.78, 5) is 16.9. The number of nitrogen functional groups attached to an aromatic ring is 1. The summed E-state index contributed by atoms with van der Waals surface area (Å²) in [6, 6.07) is 7.27. The Hall–Kier alpha value is -2.11. The average molecular weight is 318 g/mol. The normalized spacial score (nSPS) is 10.8. The van der Waals surface area contributed by atoms with Crippen LogP contribution in [0.25, 0.3) is 10.1 Å². The highest BCUT2D eigenvalue weighted by Crippen LogP contribution is 2.34. The summed E-state index contributed by atoms with van der Waals surface area (Å²) in [6.45, 7) is 1.94. The van der Waals surface area contributed by atoms with Crippen LogP contribution in [0.1, 0.15) is 15.2 Å². The largest absolute Gasteiger partial charge is 0.397 e. The van der Waals surface area contributed by atoms with Gasteiger partial charge in [0.05, 0.1) is 21.1 Å². The first kappa shape index (κ1) is 13.9. The highest BCUT2D eigenvalue weighted by molar-refractivity contribution is 7.21. The lowest BCUT2D eigenvalue weighted by molar-refractivity contribution is 0.103. The van der Waals surface area contributed by atoms with Crippen molar-refractivity contribution in [2.24, 2.45) is 0 Å². The van der Waals surface area contributed by atoms with Crippen molar-refractivity contribution < 1.29 is 4.79 Å². The van der Waals surface area contributed by atoms with Crippen LogP contribution in [-0.4, -0.2) is 10.9 Å². The molecule has 0 saturated heterocycles. The standard InChI is InChI=1S/C15H12ClN3OS/c1-8-2-3-10(16)11(6-8)19-15(20)14-13(17)9-4-5-18-7-12(9)21-14/h2-7H,17H2,1H3,(H,19,20). The lowest BCUT2D eigenvalue weighted by Gasteiger charge is -2.07. The summed E-state index contributed by atoms with van der Waals surface area (Å²) in [5, 5.41) is 4.15. The molecule has 0 bridgehead atoms. The second-order valence-corrected chi connectivity index (χ2v) is 6.11. The van der Waals surface area contributed by atoms with Crippen molar-refractivity contribution in [3.63, 3.8) is 0 Å². The Bertz CT molecular complexity index is 844. The maximum atomic E-state index is 12.4. The number of nitrogens with two attached hydrogens (primary N) is 1. The van der Waals surface area contributed by atoms with E-state index in [1.807, 2.05) is 19.1 Å². The van der Waals surface area contributed by atoms with Crippen LogP contribution in [0.4, 0.5) is 11.4 Å². The van der Waals surface area contributed by atoms with Gasteiger partial charge in [-0.2, -0.15) is 0 Å². The fourth-order valence-electron chi connectivity index (χ4n) is 2.05. The van der Waals surface area contributed by atoms with Crippen LogP contribution in [-0.2, 0) is 0 Å². The molecular weight excluding hydrogens is 306 g/mol. The quantitative estimate of drug-likeness (QED) is 0.748. The van der Waals surface area contributed by atoms with Crippen LogP contribution < -0.4 is 11.1 Å². The number of hydrogen-bond donors (Lipinski definition) is 2. The summed E-state index contributed by atoms with van der Waals surface area (Å²) < 4.78 is 0.885. The fraction of sp³-hybridized carbons (Fsp3) is 0.0667. The highest BCUT2D eigenvalue weighted by Gasteiger charge is 2.17. The van der Waals surface area contributed by atoms with E-state index >= 15 is 0 Å². The number of benzene rings is 1. The molecule has 6 heteroatoms. The number of aryl methyl sites for hydroxylation is 1. The second-order valence-electron chi connectivity index (χ2n) is 4.65. The number of fused-ring (bicyclic) bond motifs is 1. The van der Waals surface area contributed by atoms with Gasteiger partial charge < -0.3 is 11.1 Å². The summed E-state index contributed by atoms with van der Waals surface area (Å²) in [7, 11) is 0. The van der Waals surface area contributed by atoms with Gasteiger partial charge in [-0.05, 0) is 30.7 Å². The van der Waals surface area contributed by atoms with Crippen molar-refractivity contribution in [1.82, 2.24) is 4.98 Å². The van der Waals surface area contributed by atoms with Crippen LogP contribution in [0.5, 0.6) is 0 Å². The lowest BCUT2D eigenvalue weighted by atomic mass is 10.2. The van der Waals surface area contributed by atoms with Crippen molar-refractivity contribution in [3.05, 3.63) is 52.1 Å². The second kappa shape index (κ2) is 5.35. The minimum atomic E-state index is -0.263. The molecule has 0 atom stereocenters. The van der Waals surface area contributed by atoms with E-state index in [4.69, 9.17) is 17.3 Å². The number of pyridine rings is 1. The van der Waals surface area contributed by atoms with E-state index in [-0.39, 0.29) is 5.91 Å². The SMILES string of the molecule is Cc1ccc(Cl)c(NC(=O)c2sc3cnccc3c2N)c1. The first-order valence-corrected chi connectivity index (χ1v) is 7.45. The van der Waals surface area contributed by atoms with Gasteiger partial charge in [0.2, 0.25) is 0 Å². The number of amides is 1. The van der Waals surface area contributed by atoms with Gasteiger partial charge in [0.25, 0.3) is 5.91 Å². The van der Waals surface area contributed by atoms with Crippen LogP contribution in [0.15, 0.2) is 36.7 Å². The predicted octanol–water partition coefficient (Wildman–Crippen LogP) is 4.09. The molecule has 0 aliphatic carbocycles. The van der Waals surface area contributed by atoms with E-state index in [0.29, 0.717) is 21.3 Å². The number of hydrogen-bond acceptors (Lipinski definition) is 4. The number of carbonyl (C=O) groups excluding carboxylic acids is 1. The predicted molar refractivity (Wildman–Crippen MR) is 88.2 cm³/mol. The number of carbonyl (C=O) groups is 1. The smallest absolute Gasteiger partial charge is 0.267 e. The number of nitrogens with one attached hydrogen (secondary N) is 1. The molecule has 0 spiro atoms. The van der Waals surface area contributed by atoms with Crippen LogP contribution >= 0.6 is 22.9 Å². The van der Waals surface area contributed by atoms with Crippen molar-refractivity contribution in [3.8, 4) is 0 Å². The third-order valence-corrected chi connectivity index (χ3v) is 4.59. The zero-order valence-electron chi connectivity index (χ0n) is 11.2. The van der Waals surface area contributed by atoms with Crippen molar-refractivity contribution >= 4 is 50.3 Å². The Labute approximate surface area is 130 Å². The van der Waals surface area contributed by atoms with E-state index in [1.54, 1.807) is 24.5 Å². The minimum absolute atomic E-state index is 0.263. The van der Waals surface area contributed by atoms with Gasteiger partial charge in [-0.1, -0.05) is 17.7 Å². The summed E-state index contributed by atoms with van der Waals surface area (Å²) in [5.41, 5.74) is 8.12. The van der Waals surface area contributed by atoms with Gasteiger partial charge in [0.15, 0.2) is 0 Å². The van der Waals surface area contributed by atoms with Crippen molar-refractivity contribution in [1.29, 1.82) is 0 Å². The molecule has 2 aromatic heterocycles. The van der Waals surface area contributed by atoms with Crippen LogP contribution in [0.2, 0.25) is 5.02 Å². The molecule has 0 fully saturated rings. The average Bonchev–Trinajstić information content (AvgIpc) is 2.81. The third kappa shape index (κ3) is 2.57. The zero-order valence-corrected chi connectivity index (χ0v) is 12.8. The van der Waals surface area contributed by atoms with E-state index in [0.717, 1.165) is 15.6 Å². The fourth-order valence-corrected chi connectivity index (χ4v) is 3.20. The highest BCUT2D eigenvalue weighted by atomic mass is 35.5. The molecule has 21 heavy (non-hydrogen) atoms. The van der Waals surface area contributed by atoms with Crippen LogP contribution in [0.3, 0.4) is 0 Å². The maximum Gasteiger partial charge on any atom is 0.267 e. The first-order valence-electron chi connectivity index (χ1n) is 6.26. The molecule has 2 heterocycles. The molecule has 4 nitrogen and oxygen atoms in total. The number of rotatable bonds is 2. The van der Waals surface area contributed by atoms with Gasteiger partial charge in [0.1, 0.15) is 4.88 Å². The summed E-state index contributed by atoms with van der Waals surface area (Å²) in [6.07, 6.45) is 3.36. The topological polar surface area (TPSA) is 68.0 Å². The number of anilines is 2. The Morgan fingerprint density at radius 3 is 2.95 bits per heavy atom. The number of thiophene rings is 1. The summed E-state index contributed by atoms with van der Waals surface area (Å²) >= 11 is 7.41. The Morgan fingerprint density at radius 1 is 1.38 bits per heavy atom. The van der Waals surface area contributed by atoms with E-state index in [9.17, 15) is 4.79 Å². The summed E-state index contributed by atoms with van der Waals surface area (Å²) in [5.74, 6) is -0.263.